The van der Waals surface area contributed by atoms with Gasteiger partial charge in [-0.1, -0.05) is 29.8 Å². The number of rotatable bonds is 5. The zero-order valence-electron chi connectivity index (χ0n) is 15.0. The van der Waals surface area contributed by atoms with Gasteiger partial charge in [0.15, 0.2) is 0 Å². The molecule has 2 saturated heterocycles. The first-order chi connectivity index (χ1) is 12.7. The Morgan fingerprint density at radius 1 is 1.11 bits per heavy atom. The monoisotopic (exact) mass is 406 g/mol. The SMILES string of the molecule is Cl.O=C(NC1CC2CCC(C1)N2)c1cccc(OCc2ccc(Cl)cc2)c1. The summed E-state index contributed by atoms with van der Waals surface area (Å²) in [4.78, 5) is 12.6. The number of piperidine rings is 1. The molecule has 0 spiro atoms. The lowest BCUT2D eigenvalue weighted by molar-refractivity contribution is 0.0923. The number of nitrogens with one attached hydrogen (secondary N) is 2. The summed E-state index contributed by atoms with van der Waals surface area (Å²) in [6, 6.07) is 16.3. The third-order valence-corrected chi connectivity index (χ3v) is 5.48. The topological polar surface area (TPSA) is 50.4 Å². The van der Waals surface area contributed by atoms with E-state index in [1.807, 2.05) is 42.5 Å². The number of carbonyl (C=O) groups excluding carboxylic acids is 1. The van der Waals surface area contributed by atoms with Crippen molar-refractivity contribution in [2.24, 2.45) is 0 Å². The molecule has 2 bridgehead atoms. The van der Waals surface area contributed by atoms with Gasteiger partial charge in [0, 0.05) is 28.7 Å². The van der Waals surface area contributed by atoms with E-state index in [1.165, 1.54) is 12.8 Å². The summed E-state index contributed by atoms with van der Waals surface area (Å²) in [5.41, 5.74) is 1.68. The fourth-order valence-corrected chi connectivity index (χ4v) is 4.04. The molecule has 2 heterocycles. The van der Waals surface area contributed by atoms with E-state index in [-0.39, 0.29) is 24.4 Å². The third kappa shape index (κ3) is 5.16. The predicted octanol–water partition coefficient (Wildman–Crippen LogP) is 4.35. The molecule has 2 aliphatic heterocycles. The summed E-state index contributed by atoms with van der Waals surface area (Å²) < 4.78 is 5.82. The molecule has 4 rings (SSSR count). The van der Waals surface area contributed by atoms with E-state index < -0.39 is 0 Å². The lowest BCUT2D eigenvalue weighted by atomic mass is 9.99. The molecule has 0 aromatic heterocycles. The molecule has 2 aliphatic rings. The quantitative estimate of drug-likeness (QED) is 0.775. The molecule has 2 N–H and O–H groups in total. The molecular formula is C21H24Cl2N2O2. The number of hydrogen-bond donors (Lipinski definition) is 2. The van der Waals surface area contributed by atoms with Crippen molar-refractivity contribution >= 4 is 29.9 Å². The van der Waals surface area contributed by atoms with Crippen LogP contribution in [-0.4, -0.2) is 24.0 Å². The Labute approximate surface area is 171 Å². The van der Waals surface area contributed by atoms with E-state index in [4.69, 9.17) is 16.3 Å². The average Bonchev–Trinajstić information content (AvgIpc) is 3.00. The molecule has 2 unspecified atom stereocenters. The van der Waals surface area contributed by atoms with Crippen LogP contribution in [-0.2, 0) is 6.61 Å². The molecule has 2 aromatic rings. The molecule has 27 heavy (non-hydrogen) atoms. The van der Waals surface area contributed by atoms with Gasteiger partial charge in [-0.15, -0.1) is 12.4 Å². The minimum atomic E-state index is -0.0201. The van der Waals surface area contributed by atoms with Crippen molar-refractivity contribution in [1.82, 2.24) is 10.6 Å². The van der Waals surface area contributed by atoms with Crippen molar-refractivity contribution < 1.29 is 9.53 Å². The fraction of sp³-hybridized carbons (Fsp3) is 0.381. The van der Waals surface area contributed by atoms with Crippen LogP contribution in [0.3, 0.4) is 0 Å². The highest BCUT2D eigenvalue weighted by atomic mass is 35.5. The van der Waals surface area contributed by atoms with Gasteiger partial charge in [-0.25, -0.2) is 0 Å². The van der Waals surface area contributed by atoms with Crippen LogP contribution in [0.5, 0.6) is 5.75 Å². The second-order valence-corrected chi connectivity index (χ2v) is 7.66. The van der Waals surface area contributed by atoms with Gasteiger partial charge in [-0.2, -0.15) is 0 Å². The van der Waals surface area contributed by atoms with Gasteiger partial charge >= 0.3 is 0 Å². The molecule has 2 aromatic carbocycles. The minimum Gasteiger partial charge on any atom is -0.489 e. The number of hydrogen-bond acceptors (Lipinski definition) is 3. The average molecular weight is 407 g/mol. The van der Waals surface area contributed by atoms with E-state index >= 15 is 0 Å². The van der Waals surface area contributed by atoms with Crippen LogP contribution in [0.15, 0.2) is 48.5 Å². The molecular weight excluding hydrogens is 383 g/mol. The van der Waals surface area contributed by atoms with E-state index in [9.17, 15) is 4.79 Å². The van der Waals surface area contributed by atoms with Crippen LogP contribution < -0.4 is 15.4 Å². The summed E-state index contributed by atoms with van der Waals surface area (Å²) in [5, 5.41) is 7.50. The first-order valence-electron chi connectivity index (χ1n) is 9.20. The minimum absolute atomic E-state index is 0. The normalized spacial score (nSPS) is 23.4. The zero-order chi connectivity index (χ0) is 17.9. The summed E-state index contributed by atoms with van der Waals surface area (Å²) >= 11 is 5.90. The van der Waals surface area contributed by atoms with Crippen molar-refractivity contribution in [3.63, 3.8) is 0 Å². The largest absolute Gasteiger partial charge is 0.489 e. The summed E-state index contributed by atoms with van der Waals surface area (Å²) in [5.74, 6) is 0.672. The highest BCUT2D eigenvalue weighted by Gasteiger charge is 2.34. The molecule has 0 radical (unpaired) electrons. The van der Waals surface area contributed by atoms with E-state index in [2.05, 4.69) is 10.6 Å². The molecule has 2 atom stereocenters. The van der Waals surface area contributed by atoms with Gasteiger partial charge in [0.05, 0.1) is 0 Å². The van der Waals surface area contributed by atoms with Crippen LogP contribution in [0.2, 0.25) is 5.02 Å². The van der Waals surface area contributed by atoms with Crippen LogP contribution in [0.25, 0.3) is 0 Å². The number of ether oxygens (including phenoxy) is 1. The van der Waals surface area contributed by atoms with E-state index in [1.54, 1.807) is 6.07 Å². The summed E-state index contributed by atoms with van der Waals surface area (Å²) in [6.45, 7) is 0.444. The number of halogens is 2. The first kappa shape index (κ1) is 20.0. The second kappa shape index (κ2) is 8.96. The molecule has 2 fully saturated rings. The van der Waals surface area contributed by atoms with Gasteiger partial charge < -0.3 is 15.4 Å². The Hall–Kier alpha value is -1.75. The smallest absolute Gasteiger partial charge is 0.251 e. The summed E-state index contributed by atoms with van der Waals surface area (Å²) in [7, 11) is 0. The Kier molecular flexibility index (Phi) is 6.64. The maximum absolute atomic E-state index is 12.6. The second-order valence-electron chi connectivity index (χ2n) is 7.22. The molecule has 6 heteroatoms. The maximum atomic E-state index is 12.6. The molecule has 0 aliphatic carbocycles. The van der Waals surface area contributed by atoms with Gasteiger partial charge in [0.1, 0.15) is 12.4 Å². The predicted molar refractivity (Wildman–Crippen MR) is 110 cm³/mol. The molecule has 1 amide bonds. The number of benzene rings is 2. The lowest BCUT2D eigenvalue weighted by Crippen LogP contribution is -2.48. The molecule has 0 saturated carbocycles. The van der Waals surface area contributed by atoms with Crippen molar-refractivity contribution in [3.05, 3.63) is 64.7 Å². The number of carbonyl (C=O) groups is 1. The van der Waals surface area contributed by atoms with Gasteiger partial charge in [0.2, 0.25) is 0 Å². The number of fused-ring (bicyclic) bond motifs is 2. The van der Waals surface area contributed by atoms with Crippen molar-refractivity contribution in [1.29, 1.82) is 0 Å². The van der Waals surface area contributed by atoms with Crippen LogP contribution in [0.1, 0.15) is 41.6 Å². The van der Waals surface area contributed by atoms with E-state index in [0.717, 1.165) is 18.4 Å². The maximum Gasteiger partial charge on any atom is 0.251 e. The highest BCUT2D eigenvalue weighted by molar-refractivity contribution is 6.30. The highest BCUT2D eigenvalue weighted by Crippen LogP contribution is 2.27. The Balaban J connectivity index is 0.00000210. The number of amides is 1. The van der Waals surface area contributed by atoms with Crippen molar-refractivity contribution in [2.75, 3.05) is 0 Å². The zero-order valence-corrected chi connectivity index (χ0v) is 16.6. The van der Waals surface area contributed by atoms with Crippen molar-refractivity contribution in [2.45, 2.75) is 50.4 Å². The molecule has 144 valence electrons. The van der Waals surface area contributed by atoms with Crippen molar-refractivity contribution in [3.8, 4) is 5.75 Å². The Bertz CT molecular complexity index is 770. The van der Waals surface area contributed by atoms with Crippen LogP contribution >= 0.6 is 24.0 Å². The Morgan fingerprint density at radius 2 is 1.81 bits per heavy atom. The molecule has 4 nitrogen and oxygen atoms in total. The summed E-state index contributed by atoms with van der Waals surface area (Å²) in [6.07, 6.45) is 4.50. The standard InChI is InChI=1S/C21H23ClN2O2.ClH/c22-16-6-4-14(5-7-16)13-26-20-3-1-2-15(10-20)21(25)24-19-11-17-8-9-18(12-19)23-17;/h1-7,10,17-19,23H,8-9,11-13H2,(H,24,25);1H. The van der Waals surface area contributed by atoms with Gasteiger partial charge in [-0.05, 0) is 61.6 Å². The van der Waals surface area contributed by atoms with Gasteiger partial charge in [0.25, 0.3) is 5.91 Å². The third-order valence-electron chi connectivity index (χ3n) is 5.22. The van der Waals surface area contributed by atoms with Crippen LogP contribution in [0, 0.1) is 0 Å². The Morgan fingerprint density at radius 3 is 2.52 bits per heavy atom. The van der Waals surface area contributed by atoms with E-state index in [0.29, 0.717) is 35.0 Å². The van der Waals surface area contributed by atoms with Gasteiger partial charge in [-0.3, -0.25) is 4.79 Å². The van der Waals surface area contributed by atoms with Crippen LogP contribution in [0.4, 0.5) is 0 Å². The first-order valence-corrected chi connectivity index (χ1v) is 9.58. The fourth-order valence-electron chi connectivity index (χ4n) is 3.92. The lowest BCUT2D eigenvalue weighted by Gasteiger charge is -2.29.